The third kappa shape index (κ3) is 5.20. The van der Waals surface area contributed by atoms with Crippen LogP contribution in [0.25, 0.3) is 0 Å². The Morgan fingerprint density at radius 3 is 2.57 bits per heavy atom. The van der Waals surface area contributed by atoms with Crippen molar-refractivity contribution in [3.8, 4) is 5.75 Å². The average molecular weight is 319 g/mol. The van der Waals surface area contributed by atoms with Crippen LogP contribution in [0.15, 0.2) is 24.3 Å². The molecule has 0 saturated carbocycles. The van der Waals surface area contributed by atoms with Crippen molar-refractivity contribution in [3.05, 3.63) is 29.8 Å². The van der Waals surface area contributed by atoms with Gasteiger partial charge in [-0.05, 0) is 38.1 Å². The molecule has 1 aromatic carbocycles. The Morgan fingerprint density at radius 2 is 1.96 bits per heavy atom. The average Bonchev–Trinajstić information content (AvgIpc) is 2.55. The van der Waals surface area contributed by atoms with Crippen LogP contribution in [0.5, 0.6) is 5.75 Å². The summed E-state index contributed by atoms with van der Waals surface area (Å²) < 4.78 is 5.81. The molecule has 0 radical (unpaired) electrons. The Labute approximate surface area is 141 Å². The number of hydrogen-bond acceptors (Lipinski definition) is 4. The maximum atomic E-state index is 6.10. The van der Waals surface area contributed by atoms with Gasteiger partial charge in [-0.25, -0.2) is 0 Å². The molecule has 2 unspecified atom stereocenters. The largest absolute Gasteiger partial charge is 0.494 e. The maximum Gasteiger partial charge on any atom is 0.119 e. The van der Waals surface area contributed by atoms with Gasteiger partial charge in [-0.3, -0.25) is 4.90 Å². The van der Waals surface area contributed by atoms with Gasteiger partial charge in [0.1, 0.15) is 5.75 Å². The second-order valence-electron chi connectivity index (χ2n) is 6.73. The fourth-order valence-electron chi connectivity index (χ4n) is 3.41. The number of piperazine rings is 1. The van der Waals surface area contributed by atoms with Crippen molar-refractivity contribution < 1.29 is 4.74 Å². The molecule has 2 rings (SSSR count). The van der Waals surface area contributed by atoms with E-state index < -0.39 is 0 Å². The van der Waals surface area contributed by atoms with Gasteiger partial charge in [0.05, 0.1) is 6.61 Å². The van der Waals surface area contributed by atoms with Gasteiger partial charge in [0, 0.05) is 38.3 Å². The maximum absolute atomic E-state index is 6.10. The van der Waals surface area contributed by atoms with Crippen LogP contribution in [-0.4, -0.2) is 55.7 Å². The van der Waals surface area contributed by atoms with Crippen LogP contribution in [0.4, 0.5) is 0 Å². The molecular formula is C19H33N3O. The van der Waals surface area contributed by atoms with Gasteiger partial charge in [-0.1, -0.05) is 31.9 Å². The van der Waals surface area contributed by atoms with Crippen molar-refractivity contribution in [1.82, 2.24) is 9.80 Å². The minimum atomic E-state index is 0.299. The van der Waals surface area contributed by atoms with Gasteiger partial charge in [0.25, 0.3) is 0 Å². The monoisotopic (exact) mass is 319 g/mol. The summed E-state index contributed by atoms with van der Waals surface area (Å²) in [6, 6.07) is 9.37. The summed E-state index contributed by atoms with van der Waals surface area (Å²) in [4.78, 5) is 4.93. The lowest BCUT2D eigenvalue weighted by atomic mass is 10.0. The summed E-state index contributed by atoms with van der Waals surface area (Å²) >= 11 is 0. The van der Waals surface area contributed by atoms with E-state index in [1.807, 2.05) is 0 Å². The van der Waals surface area contributed by atoms with Crippen LogP contribution in [0.2, 0.25) is 0 Å². The van der Waals surface area contributed by atoms with Crippen LogP contribution < -0.4 is 10.5 Å². The Hall–Kier alpha value is -1.10. The Kier molecular flexibility index (Phi) is 7.34. The van der Waals surface area contributed by atoms with Crippen molar-refractivity contribution in [2.24, 2.45) is 5.73 Å². The first-order chi connectivity index (χ1) is 11.2. The predicted molar refractivity (Wildman–Crippen MR) is 96.9 cm³/mol. The van der Waals surface area contributed by atoms with Crippen LogP contribution >= 0.6 is 0 Å². The molecule has 1 aliphatic rings. The highest BCUT2D eigenvalue weighted by molar-refractivity contribution is 5.29. The number of hydrogen-bond donors (Lipinski definition) is 1. The van der Waals surface area contributed by atoms with Gasteiger partial charge in [-0.2, -0.15) is 0 Å². The second-order valence-corrected chi connectivity index (χ2v) is 6.73. The van der Waals surface area contributed by atoms with Crippen molar-refractivity contribution in [3.63, 3.8) is 0 Å². The summed E-state index contributed by atoms with van der Waals surface area (Å²) in [7, 11) is 2.19. The van der Waals surface area contributed by atoms with E-state index in [1.54, 1.807) is 0 Å². The molecule has 1 heterocycles. The van der Waals surface area contributed by atoms with E-state index in [9.17, 15) is 0 Å². The molecule has 0 bridgehead atoms. The molecule has 1 saturated heterocycles. The first-order valence-electron chi connectivity index (χ1n) is 9.02. The smallest absolute Gasteiger partial charge is 0.119 e. The van der Waals surface area contributed by atoms with E-state index in [0.29, 0.717) is 18.6 Å². The summed E-state index contributed by atoms with van der Waals surface area (Å²) in [6.07, 6.45) is 3.58. The molecule has 2 atom stereocenters. The van der Waals surface area contributed by atoms with Crippen molar-refractivity contribution in [2.45, 2.75) is 45.2 Å². The highest BCUT2D eigenvalue weighted by atomic mass is 16.5. The summed E-state index contributed by atoms with van der Waals surface area (Å²) in [6.45, 7) is 9.27. The number of likely N-dealkylation sites (N-methyl/N-ethyl adjacent to an activating group) is 1. The SMILES string of the molecule is CCCCCOc1ccc(C(CN)N2CCN(C)CC2C)cc1. The topological polar surface area (TPSA) is 41.7 Å². The molecule has 0 amide bonds. The highest BCUT2D eigenvalue weighted by Gasteiger charge is 2.28. The van der Waals surface area contributed by atoms with Gasteiger partial charge >= 0.3 is 0 Å². The fraction of sp³-hybridized carbons (Fsp3) is 0.684. The molecule has 4 heteroatoms. The molecular weight excluding hydrogens is 286 g/mol. The summed E-state index contributed by atoms with van der Waals surface area (Å²) in [5.74, 6) is 0.965. The minimum absolute atomic E-state index is 0.299. The van der Waals surface area contributed by atoms with Crippen molar-refractivity contribution in [1.29, 1.82) is 0 Å². The Balaban J connectivity index is 1.95. The lowest BCUT2D eigenvalue weighted by Gasteiger charge is -2.42. The second kappa shape index (κ2) is 9.26. The first-order valence-corrected chi connectivity index (χ1v) is 9.02. The predicted octanol–water partition coefficient (Wildman–Crippen LogP) is 2.89. The quantitative estimate of drug-likeness (QED) is 0.748. The molecule has 4 nitrogen and oxygen atoms in total. The summed E-state index contributed by atoms with van der Waals surface area (Å²) in [5.41, 5.74) is 7.39. The van der Waals surface area contributed by atoms with Crippen LogP contribution in [-0.2, 0) is 0 Å². The zero-order valence-electron chi connectivity index (χ0n) is 15.0. The molecule has 0 aromatic heterocycles. The Morgan fingerprint density at radius 1 is 1.22 bits per heavy atom. The lowest BCUT2D eigenvalue weighted by Crippen LogP contribution is -2.52. The van der Waals surface area contributed by atoms with Crippen LogP contribution in [0.1, 0.15) is 44.7 Å². The molecule has 0 aliphatic carbocycles. The van der Waals surface area contributed by atoms with E-state index in [4.69, 9.17) is 10.5 Å². The van der Waals surface area contributed by atoms with Crippen molar-refractivity contribution >= 4 is 0 Å². The number of ether oxygens (including phenoxy) is 1. The van der Waals surface area contributed by atoms with E-state index in [2.05, 4.69) is 55.0 Å². The number of nitrogens with zero attached hydrogens (tertiary/aromatic N) is 2. The molecule has 1 fully saturated rings. The van der Waals surface area contributed by atoms with Crippen LogP contribution in [0.3, 0.4) is 0 Å². The number of unbranched alkanes of at least 4 members (excludes halogenated alkanes) is 2. The number of rotatable bonds is 8. The van der Waals surface area contributed by atoms with E-state index >= 15 is 0 Å². The Bertz CT molecular complexity index is 448. The van der Waals surface area contributed by atoms with Gasteiger partial charge < -0.3 is 15.4 Å². The molecule has 2 N–H and O–H groups in total. The van der Waals surface area contributed by atoms with Gasteiger partial charge in [0.2, 0.25) is 0 Å². The zero-order chi connectivity index (χ0) is 16.7. The lowest BCUT2D eigenvalue weighted by molar-refractivity contribution is 0.0635. The fourth-order valence-corrected chi connectivity index (χ4v) is 3.41. The number of nitrogens with two attached hydrogens (primary N) is 1. The summed E-state index contributed by atoms with van der Waals surface area (Å²) in [5, 5.41) is 0. The third-order valence-corrected chi connectivity index (χ3v) is 4.79. The van der Waals surface area contributed by atoms with Crippen LogP contribution in [0, 0.1) is 0 Å². The first kappa shape index (κ1) is 18.2. The molecule has 1 aromatic rings. The van der Waals surface area contributed by atoms with Crippen molar-refractivity contribution in [2.75, 3.05) is 39.8 Å². The molecule has 130 valence electrons. The third-order valence-electron chi connectivity index (χ3n) is 4.79. The van der Waals surface area contributed by atoms with E-state index in [1.165, 1.54) is 18.4 Å². The molecule has 23 heavy (non-hydrogen) atoms. The zero-order valence-corrected chi connectivity index (χ0v) is 15.0. The number of benzene rings is 1. The van der Waals surface area contributed by atoms with E-state index in [-0.39, 0.29) is 0 Å². The normalized spacial score (nSPS) is 21.3. The standard InChI is InChI=1S/C19H33N3O/c1-4-5-6-13-23-18-9-7-17(8-10-18)19(14-20)22-12-11-21(3)15-16(22)2/h7-10,16,19H,4-6,11-15,20H2,1-3H3. The van der Waals surface area contributed by atoms with E-state index in [0.717, 1.165) is 38.4 Å². The molecule has 1 aliphatic heterocycles. The van der Waals surface area contributed by atoms with Gasteiger partial charge in [-0.15, -0.1) is 0 Å². The highest BCUT2D eigenvalue weighted by Crippen LogP contribution is 2.26. The van der Waals surface area contributed by atoms with Gasteiger partial charge in [0.15, 0.2) is 0 Å². The minimum Gasteiger partial charge on any atom is -0.494 e. The molecule has 0 spiro atoms.